The topological polar surface area (TPSA) is 12.0 Å². The van der Waals surface area contributed by atoms with Crippen molar-refractivity contribution in [1.29, 1.82) is 0 Å². The Morgan fingerprint density at radius 1 is 1.24 bits per heavy atom. The summed E-state index contributed by atoms with van der Waals surface area (Å²) in [5, 5.41) is 3.93. The van der Waals surface area contributed by atoms with E-state index in [1.54, 1.807) is 0 Å². The molecule has 0 heterocycles. The van der Waals surface area contributed by atoms with Crippen molar-refractivity contribution in [3.8, 4) is 0 Å². The lowest BCUT2D eigenvalue weighted by Crippen LogP contribution is -2.27. The van der Waals surface area contributed by atoms with Gasteiger partial charge in [0.2, 0.25) is 0 Å². The summed E-state index contributed by atoms with van der Waals surface area (Å²) in [7, 11) is 0. The summed E-state index contributed by atoms with van der Waals surface area (Å²) >= 11 is 8.15. The van der Waals surface area contributed by atoms with E-state index in [1.165, 1.54) is 24.2 Å². The molecule has 1 aliphatic carbocycles. The molecule has 3 heteroatoms. The van der Waals surface area contributed by atoms with Crippen LogP contribution in [-0.4, -0.2) is 24.2 Å². The van der Waals surface area contributed by atoms with Crippen molar-refractivity contribution < 1.29 is 0 Å². The van der Waals surface area contributed by atoms with Crippen LogP contribution in [-0.2, 0) is 0 Å². The van der Waals surface area contributed by atoms with Gasteiger partial charge in [0.05, 0.1) is 0 Å². The predicted molar refractivity (Wildman–Crippen MR) is 77.0 cm³/mol. The summed E-state index contributed by atoms with van der Waals surface area (Å²) in [4.78, 5) is 1.35. The molecule has 1 nitrogen and oxygen atoms in total. The van der Waals surface area contributed by atoms with Crippen LogP contribution in [0.25, 0.3) is 0 Å². The average Bonchev–Trinajstić information content (AvgIpc) is 2.76. The number of hydrogen-bond acceptors (Lipinski definition) is 2. The van der Waals surface area contributed by atoms with Crippen LogP contribution in [0.15, 0.2) is 35.2 Å². The van der Waals surface area contributed by atoms with E-state index in [2.05, 4.69) is 35.6 Å². The third-order valence-electron chi connectivity index (χ3n) is 3.26. The first kappa shape index (κ1) is 13.3. The molecule has 0 aromatic heterocycles. The van der Waals surface area contributed by atoms with Crippen LogP contribution in [0, 0.1) is 5.92 Å². The Hall–Kier alpha value is -0.180. The maximum atomic E-state index is 6.24. The first-order chi connectivity index (χ1) is 8.36. The van der Waals surface area contributed by atoms with E-state index in [0.717, 1.165) is 18.8 Å². The molecule has 0 aliphatic heterocycles. The van der Waals surface area contributed by atoms with E-state index in [0.29, 0.717) is 11.3 Å². The Morgan fingerprint density at radius 3 is 2.76 bits per heavy atom. The van der Waals surface area contributed by atoms with E-state index < -0.39 is 0 Å². The van der Waals surface area contributed by atoms with Crippen molar-refractivity contribution in [1.82, 2.24) is 5.32 Å². The third-order valence-corrected chi connectivity index (χ3v) is 4.85. The van der Waals surface area contributed by atoms with Crippen LogP contribution in [0.5, 0.6) is 0 Å². The first-order valence-corrected chi connectivity index (χ1v) is 7.81. The molecule has 1 aliphatic rings. The van der Waals surface area contributed by atoms with Crippen molar-refractivity contribution in [2.24, 2.45) is 5.92 Å². The van der Waals surface area contributed by atoms with Gasteiger partial charge in [-0.1, -0.05) is 24.6 Å². The summed E-state index contributed by atoms with van der Waals surface area (Å²) in [5.74, 6) is 1.82. The number of alkyl halides is 1. The molecule has 17 heavy (non-hydrogen) atoms. The highest BCUT2D eigenvalue weighted by Crippen LogP contribution is 2.29. The summed E-state index contributed by atoms with van der Waals surface area (Å²) in [5.41, 5.74) is 0. The predicted octanol–water partition coefficient (Wildman–Crippen LogP) is 3.78. The van der Waals surface area contributed by atoms with E-state index in [-0.39, 0.29) is 0 Å². The molecule has 1 aromatic rings. The minimum absolute atomic E-state index is 0.407. The lowest BCUT2D eigenvalue weighted by molar-refractivity contribution is 0.504. The second-order valence-corrected chi connectivity index (χ2v) is 6.30. The quantitative estimate of drug-likeness (QED) is 0.479. The fraction of sp³-hybridized carbons (Fsp3) is 0.571. The zero-order valence-electron chi connectivity index (χ0n) is 10.1. The summed E-state index contributed by atoms with van der Waals surface area (Å²) < 4.78 is 0. The van der Waals surface area contributed by atoms with Gasteiger partial charge in [-0.2, -0.15) is 0 Å². The van der Waals surface area contributed by atoms with Crippen molar-refractivity contribution in [3.63, 3.8) is 0 Å². The smallest absolute Gasteiger partial charge is 0.0376 e. The number of nitrogens with one attached hydrogen (secondary N) is 1. The molecule has 0 spiro atoms. The highest BCUT2D eigenvalue weighted by atomic mass is 35.5. The van der Waals surface area contributed by atoms with Crippen LogP contribution in [0.1, 0.15) is 19.3 Å². The Balaban J connectivity index is 1.55. The van der Waals surface area contributed by atoms with Crippen LogP contribution >= 0.6 is 23.4 Å². The standard InChI is InChI=1S/C14H20ClNS/c15-14-8-4-5-12(14)11-16-9-10-17-13-6-2-1-3-7-13/h1-3,6-7,12,14,16H,4-5,8-11H2. The number of thioether (sulfide) groups is 1. The molecule has 1 aromatic carbocycles. The lowest BCUT2D eigenvalue weighted by atomic mass is 10.1. The van der Waals surface area contributed by atoms with E-state index in [1.807, 2.05) is 11.8 Å². The maximum absolute atomic E-state index is 6.24. The normalized spacial score (nSPS) is 24.1. The maximum Gasteiger partial charge on any atom is 0.0376 e. The SMILES string of the molecule is ClC1CCCC1CNCCSc1ccccc1. The van der Waals surface area contributed by atoms with Gasteiger partial charge >= 0.3 is 0 Å². The van der Waals surface area contributed by atoms with Crippen LogP contribution in [0.2, 0.25) is 0 Å². The third kappa shape index (κ3) is 4.53. The molecule has 1 N–H and O–H groups in total. The molecule has 94 valence electrons. The zero-order chi connectivity index (χ0) is 11.9. The Kier molecular flexibility index (Phi) is 5.69. The van der Waals surface area contributed by atoms with Crippen molar-refractivity contribution in [2.75, 3.05) is 18.8 Å². The van der Waals surface area contributed by atoms with E-state index in [4.69, 9.17) is 11.6 Å². The van der Waals surface area contributed by atoms with Crippen LogP contribution < -0.4 is 5.32 Å². The van der Waals surface area contributed by atoms with E-state index >= 15 is 0 Å². The van der Waals surface area contributed by atoms with Gasteiger partial charge in [-0.25, -0.2) is 0 Å². The molecule has 2 atom stereocenters. The van der Waals surface area contributed by atoms with Gasteiger partial charge in [-0.3, -0.25) is 0 Å². The molecule has 2 unspecified atom stereocenters. The molecular weight excluding hydrogens is 250 g/mol. The highest BCUT2D eigenvalue weighted by molar-refractivity contribution is 7.99. The second kappa shape index (κ2) is 7.30. The Bertz CT molecular complexity index is 317. The van der Waals surface area contributed by atoms with Gasteiger partial charge in [0.25, 0.3) is 0 Å². The monoisotopic (exact) mass is 269 g/mol. The summed E-state index contributed by atoms with van der Waals surface area (Å²) in [6.07, 6.45) is 3.80. The molecule has 0 bridgehead atoms. The van der Waals surface area contributed by atoms with Crippen molar-refractivity contribution in [2.45, 2.75) is 29.5 Å². The van der Waals surface area contributed by atoms with Gasteiger partial charge in [0, 0.05) is 22.6 Å². The molecule has 2 rings (SSSR count). The fourth-order valence-electron chi connectivity index (χ4n) is 2.27. The summed E-state index contributed by atoms with van der Waals surface area (Å²) in [6.45, 7) is 2.16. The molecule has 0 amide bonds. The van der Waals surface area contributed by atoms with Gasteiger partial charge < -0.3 is 5.32 Å². The van der Waals surface area contributed by atoms with Crippen molar-refractivity contribution >= 4 is 23.4 Å². The highest BCUT2D eigenvalue weighted by Gasteiger charge is 2.24. The van der Waals surface area contributed by atoms with Crippen LogP contribution in [0.4, 0.5) is 0 Å². The van der Waals surface area contributed by atoms with Crippen molar-refractivity contribution in [3.05, 3.63) is 30.3 Å². The van der Waals surface area contributed by atoms with E-state index in [9.17, 15) is 0 Å². The van der Waals surface area contributed by atoms with Gasteiger partial charge in [-0.05, 0) is 37.4 Å². The number of hydrogen-bond donors (Lipinski definition) is 1. The minimum Gasteiger partial charge on any atom is -0.316 e. The fourth-order valence-corrected chi connectivity index (χ4v) is 3.47. The largest absolute Gasteiger partial charge is 0.316 e. The molecule has 0 saturated heterocycles. The number of halogens is 1. The lowest BCUT2D eigenvalue weighted by Gasteiger charge is -2.14. The number of benzene rings is 1. The first-order valence-electron chi connectivity index (χ1n) is 6.39. The molecular formula is C14H20ClNS. The van der Waals surface area contributed by atoms with Gasteiger partial charge in [0.1, 0.15) is 0 Å². The average molecular weight is 270 g/mol. The summed E-state index contributed by atoms with van der Waals surface area (Å²) in [6, 6.07) is 10.6. The molecule has 1 fully saturated rings. The number of rotatable bonds is 6. The van der Waals surface area contributed by atoms with Crippen LogP contribution in [0.3, 0.4) is 0 Å². The molecule has 1 saturated carbocycles. The van der Waals surface area contributed by atoms with Gasteiger partial charge in [-0.15, -0.1) is 23.4 Å². The molecule has 0 radical (unpaired) electrons. The Morgan fingerprint density at radius 2 is 2.06 bits per heavy atom. The van der Waals surface area contributed by atoms with Gasteiger partial charge in [0.15, 0.2) is 0 Å². The Labute approximate surface area is 113 Å². The second-order valence-electron chi connectivity index (χ2n) is 4.57. The minimum atomic E-state index is 0.407. The zero-order valence-corrected chi connectivity index (χ0v) is 11.6.